The minimum absolute atomic E-state index is 0.569. The average molecular weight is 234 g/mol. The third kappa shape index (κ3) is 2.75. The Bertz CT molecular complexity index is 387. The highest BCUT2D eigenvalue weighted by Crippen LogP contribution is 2.36. The fourth-order valence-corrected chi connectivity index (χ4v) is 2.19. The predicted octanol–water partition coefficient (Wildman–Crippen LogP) is 1.74. The number of nitrogens with one attached hydrogen (secondary N) is 1. The van der Waals surface area contributed by atoms with E-state index < -0.39 is 0 Å². The Hall–Kier alpha value is -1.16. The number of aryl methyl sites for hydroxylation is 1. The molecule has 0 bridgehead atoms. The molecule has 2 rings (SSSR count). The molecule has 0 amide bonds. The maximum atomic E-state index is 4.60. The van der Waals surface area contributed by atoms with Crippen LogP contribution >= 0.6 is 0 Å². The third-order valence-electron chi connectivity index (χ3n) is 3.58. The number of aromatic nitrogens is 2. The van der Waals surface area contributed by atoms with Crippen molar-refractivity contribution < 1.29 is 0 Å². The van der Waals surface area contributed by atoms with Gasteiger partial charge in [0.25, 0.3) is 0 Å². The molecule has 1 aliphatic rings. The Kier molecular flexibility index (Phi) is 3.62. The van der Waals surface area contributed by atoms with Gasteiger partial charge in [-0.1, -0.05) is 0 Å². The minimum atomic E-state index is 0.569. The molecule has 4 nitrogen and oxygen atoms in total. The van der Waals surface area contributed by atoms with Crippen LogP contribution in [0.5, 0.6) is 0 Å². The van der Waals surface area contributed by atoms with Crippen LogP contribution in [0.15, 0.2) is 6.20 Å². The summed E-state index contributed by atoms with van der Waals surface area (Å²) < 4.78 is 0. The van der Waals surface area contributed by atoms with Gasteiger partial charge in [0.2, 0.25) is 0 Å². The first-order valence-electron chi connectivity index (χ1n) is 6.33. The molecule has 17 heavy (non-hydrogen) atoms. The molecule has 1 atom stereocenters. The molecule has 1 fully saturated rings. The molecule has 1 aliphatic carbocycles. The fraction of sp³-hybridized carbons (Fsp3) is 0.692. The Morgan fingerprint density at radius 1 is 1.53 bits per heavy atom. The Balaban J connectivity index is 2.24. The first-order valence-corrected chi connectivity index (χ1v) is 6.33. The zero-order chi connectivity index (χ0) is 12.4. The van der Waals surface area contributed by atoms with E-state index in [1.807, 2.05) is 20.2 Å². The lowest BCUT2D eigenvalue weighted by Crippen LogP contribution is -2.32. The van der Waals surface area contributed by atoms with Gasteiger partial charge in [0.1, 0.15) is 11.6 Å². The summed E-state index contributed by atoms with van der Waals surface area (Å²) in [5, 5.41) is 3.18. The summed E-state index contributed by atoms with van der Waals surface area (Å²) in [5.74, 6) is 2.76. The lowest BCUT2D eigenvalue weighted by atomic mass is 10.1. The molecule has 0 aromatic carbocycles. The summed E-state index contributed by atoms with van der Waals surface area (Å²) in [6.45, 7) is 5.05. The number of nitrogens with zero attached hydrogens (tertiary/aromatic N) is 3. The van der Waals surface area contributed by atoms with Crippen molar-refractivity contribution in [1.29, 1.82) is 0 Å². The summed E-state index contributed by atoms with van der Waals surface area (Å²) in [4.78, 5) is 11.2. The van der Waals surface area contributed by atoms with Gasteiger partial charge in [-0.3, -0.25) is 0 Å². The summed E-state index contributed by atoms with van der Waals surface area (Å²) >= 11 is 0. The maximum Gasteiger partial charge on any atom is 0.136 e. The topological polar surface area (TPSA) is 41.1 Å². The van der Waals surface area contributed by atoms with Crippen molar-refractivity contribution in [3.05, 3.63) is 17.6 Å². The molecule has 0 spiro atoms. The molecule has 1 aromatic rings. The monoisotopic (exact) mass is 234 g/mol. The molecule has 0 aliphatic heterocycles. The molecule has 1 unspecified atom stereocenters. The smallest absolute Gasteiger partial charge is 0.136 e. The first kappa shape index (κ1) is 12.3. The summed E-state index contributed by atoms with van der Waals surface area (Å²) in [6, 6.07) is 0.569. The van der Waals surface area contributed by atoms with Crippen LogP contribution in [0, 0.1) is 12.8 Å². The molecule has 94 valence electrons. The van der Waals surface area contributed by atoms with Gasteiger partial charge in [0.15, 0.2) is 0 Å². The van der Waals surface area contributed by atoms with E-state index in [9.17, 15) is 0 Å². The fourth-order valence-electron chi connectivity index (χ4n) is 2.19. The minimum Gasteiger partial charge on any atom is -0.356 e. The van der Waals surface area contributed by atoms with E-state index in [1.165, 1.54) is 18.4 Å². The van der Waals surface area contributed by atoms with Crippen LogP contribution in [0.2, 0.25) is 0 Å². The quantitative estimate of drug-likeness (QED) is 0.842. The van der Waals surface area contributed by atoms with Gasteiger partial charge in [-0.2, -0.15) is 0 Å². The van der Waals surface area contributed by atoms with E-state index in [0.29, 0.717) is 6.04 Å². The Labute approximate surface area is 103 Å². The van der Waals surface area contributed by atoms with Gasteiger partial charge in [-0.25, -0.2) is 9.97 Å². The van der Waals surface area contributed by atoms with Crippen LogP contribution < -0.4 is 10.2 Å². The van der Waals surface area contributed by atoms with E-state index >= 15 is 0 Å². The van der Waals surface area contributed by atoms with E-state index in [0.717, 1.165) is 24.1 Å². The van der Waals surface area contributed by atoms with Gasteiger partial charge in [0, 0.05) is 31.4 Å². The maximum absolute atomic E-state index is 4.60. The average Bonchev–Trinajstić information content (AvgIpc) is 3.14. The van der Waals surface area contributed by atoms with Crippen LogP contribution in [0.3, 0.4) is 0 Å². The van der Waals surface area contributed by atoms with Crippen molar-refractivity contribution in [3.8, 4) is 0 Å². The van der Waals surface area contributed by atoms with Gasteiger partial charge < -0.3 is 10.2 Å². The molecule has 1 N–H and O–H groups in total. The van der Waals surface area contributed by atoms with Gasteiger partial charge in [-0.05, 0) is 39.7 Å². The standard InChI is InChI=1S/C13H22N4/c1-9(11-5-6-11)17(4)13-12(7-14-3)8-15-10(2)16-13/h8-9,11,14H,5-7H2,1-4H3. The van der Waals surface area contributed by atoms with Crippen molar-refractivity contribution in [3.63, 3.8) is 0 Å². The Morgan fingerprint density at radius 3 is 2.82 bits per heavy atom. The molecular weight excluding hydrogens is 212 g/mol. The molecule has 1 heterocycles. The largest absolute Gasteiger partial charge is 0.356 e. The van der Waals surface area contributed by atoms with Crippen molar-refractivity contribution >= 4 is 5.82 Å². The molecule has 0 radical (unpaired) electrons. The van der Waals surface area contributed by atoms with Crippen molar-refractivity contribution in [1.82, 2.24) is 15.3 Å². The molecular formula is C13H22N4. The number of hydrogen-bond donors (Lipinski definition) is 1. The normalized spacial score (nSPS) is 16.9. The lowest BCUT2D eigenvalue weighted by Gasteiger charge is -2.28. The second-order valence-electron chi connectivity index (χ2n) is 4.99. The lowest BCUT2D eigenvalue weighted by molar-refractivity contribution is 0.598. The summed E-state index contributed by atoms with van der Waals surface area (Å²) in [5.41, 5.74) is 1.17. The summed E-state index contributed by atoms with van der Waals surface area (Å²) in [7, 11) is 4.10. The van der Waals surface area contributed by atoms with E-state index in [1.54, 1.807) is 0 Å². The van der Waals surface area contributed by atoms with Crippen LogP contribution in [0.1, 0.15) is 31.2 Å². The highest BCUT2D eigenvalue weighted by Gasteiger charge is 2.31. The van der Waals surface area contributed by atoms with Crippen LogP contribution in [0.4, 0.5) is 5.82 Å². The van der Waals surface area contributed by atoms with E-state index in [2.05, 4.69) is 34.2 Å². The predicted molar refractivity (Wildman–Crippen MR) is 70.1 cm³/mol. The van der Waals surface area contributed by atoms with Crippen LogP contribution in [-0.2, 0) is 6.54 Å². The van der Waals surface area contributed by atoms with E-state index in [-0.39, 0.29) is 0 Å². The molecule has 0 saturated heterocycles. The van der Waals surface area contributed by atoms with Crippen LogP contribution in [-0.4, -0.2) is 30.1 Å². The summed E-state index contributed by atoms with van der Waals surface area (Å²) in [6.07, 6.45) is 4.65. The van der Waals surface area contributed by atoms with Crippen molar-refractivity contribution in [2.75, 3.05) is 19.0 Å². The second-order valence-corrected chi connectivity index (χ2v) is 4.99. The van der Waals surface area contributed by atoms with E-state index in [4.69, 9.17) is 0 Å². The zero-order valence-electron chi connectivity index (χ0n) is 11.2. The highest BCUT2D eigenvalue weighted by molar-refractivity contribution is 5.46. The third-order valence-corrected chi connectivity index (χ3v) is 3.58. The van der Waals surface area contributed by atoms with Gasteiger partial charge >= 0.3 is 0 Å². The molecule has 1 aromatic heterocycles. The molecule has 1 saturated carbocycles. The van der Waals surface area contributed by atoms with Crippen molar-refractivity contribution in [2.24, 2.45) is 5.92 Å². The van der Waals surface area contributed by atoms with Crippen LogP contribution in [0.25, 0.3) is 0 Å². The number of hydrogen-bond acceptors (Lipinski definition) is 4. The first-order chi connectivity index (χ1) is 8.13. The molecule has 4 heteroatoms. The van der Waals surface area contributed by atoms with Crippen molar-refractivity contribution in [2.45, 2.75) is 39.3 Å². The van der Waals surface area contributed by atoms with Gasteiger partial charge in [-0.15, -0.1) is 0 Å². The SMILES string of the molecule is CNCc1cnc(C)nc1N(C)C(C)C1CC1. The number of anilines is 1. The van der Waals surface area contributed by atoms with Gasteiger partial charge in [0.05, 0.1) is 0 Å². The number of rotatable bonds is 5. The second kappa shape index (κ2) is 5.00. The zero-order valence-corrected chi connectivity index (χ0v) is 11.2. The highest BCUT2D eigenvalue weighted by atomic mass is 15.2. The Morgan fingerprint density at radius 2 is 2.24 bits per heavy atom.